The van der Waals surface area contributed by atoms with Gasteiger partial charge in [0.05, 0.1) is 12.0 Å². The normalized spacial score (nSPS) is 16.4. The molecule has 1 N–H and O–H groups in total. The van der Waals surface area contributed by atoms with Crippen molar-refractivity contribution < 1.29 is 14.0 Å². The number of nitrogens with one attached hydrogen (secondary N) is 1. The van der Waals surface area contributed by atoms with E-state index in [0.29, 0.717) is 12.2 Å². The molecule has 3 rings (SSSR count). The van der Waals surface area contributed by atoms with E-state index in [2.05, 4.69) is 36.4 Å². The number of likely N-dealkylation sites (N-methyl/N-ethyl adjacent to an activating group) is 1. The Bertz CT molecular complexity index is 957. The van der Waals surface area contributed by atoms with Gasteiger partial charge >= 0.3 is 6.03 Å². The zero-order chi connectivity index (χ0) is 22.1. The number of benzene rings is 1. The molecule has 0 saturated heterocycles. The molecule has 3 amide bonds. The molecule has 0 saturated carbocycles. The highest BCUT2D eigenvalue weighted by molar-refractivity contribution is 6.03. The topological polar surface area (TPSA) is 78.2 Å². The molecule has 7 heteroatoms. The molecule has 0 aliphatic carbocycles. The van der Waals surface area contributed by atoms with Crippen LogP contribution in [0.1, 0.15) is 55.7 Å². The van der Waals surface area contributed by atoms with Crippen LogP contribution < -0.4 is 5.32 Å². The van der Waals surface area contributed by atoms with E-state index in [1.54, 1.807) is 19.4 Å². The highest BCUT2D eigenvalue weighted by Crippen LogP contribution is 2.33. The number of furan rings is 1. The van der Waals surface area contributed by atoms with Gasteiger partial charge in [-0.2, -0.15) is 5.10 Å². The van der Waals surface area contributed by atoms with Crippen LogP contribution in [0.2, 0.25) is 0 Å². The lowest BCUT2D eigenvalue weighted by atomic mass is 9.99. The molecule has 2 heterocycles. The van der Waals surface area contributed by atoms with Crippen molar-refractivity contribution >= 4 is 17.6 Å². The van der Waals surface area contributed by atoms with Gasteiger partial charge in [-0.25, -0.2) is 9.80 Å². The van der Waals surface area contributed by atoms with Crippen LogP contribution in [-0.2, 0) is 4.79 Å². The quantitative estimate of drug-likeness (QED) is 0.827. The van der Waals surface area contributed by atoms with Gasteiger partial charge in [-0.1, -0.05) is 12.1 Å². The van der Waals surface area contributed by atoms with E-state index >= 15 is 0 Å². The Balaban J connectivity index is 1.82. The molecule has 1 aliphatic rings. The highest BCUT2D eigenvalue weighted by atomic mass is 16.3. The monoisotopic (exact) mass is 410 g/mol. The van der Waals surface area contributed by atoms with Crippen LogP contribution in [0, 0.1) is 13.8 Å². The average Bonchev–Trinajstić information content (AvgIpc) is 3.31. The van der Waals surface area contributed by atoms with Crippen molar-refractivity contribution in [1.82, 2.24) is 15.2 Å². The number of urea groups is 1. The number of carbonyl (C=O) groups excluding carboxylic acids is 2. The van der Waals surface area contributed by atoms with Gasteiger partial charge in [0.25, 0.3) is 5.91 Å². The Morgan fingerprint density at radius 2 is 1.97 bits per heavy atom. The molecule has 0 unspecified atom stereocenters. The van der Waals surface area contributed by atoms with Crippen molar-refractivity contribution in [2.75, 3.05) is 13.6 Å². The van der Waals surface area contributed by atoms with Gasteiger partial charge in [0, 0.05) is 19.0 Å². The van der Waals surface area contributed by atoms with Crippen LogP contribution >= 0.6 is 0 Å². The van der Waals surface area contributed by atoms with E-state index in [4.69, 9.17) is 4.42 Å². The predicted octanol–water partition coefficient (Wildman–Crippen LogP) is 4.01. The van der Waals surface area contributed by atoms with E-state index in [1.807, 2.05) is 32.9 Å². The summed E-state index contributed by atoms with van der Waals surface area (Å²) in [5.74, 6) is 0.412. The Kier molecular flexibility index (Phi) is 6.01. The van der Waals surface area contributed by atoms with Crippen LogP contribution in [-0.4, -0.2) is 46.7 Å². The predicted molar refractivity (Wildman–Crippen MR) is 116 cm³/mol. The Labute approximate surface area is 177 Å². The van der Waals surface area contributed by atoms with E-state index in [0.717, 1.165) is 11.3 Å². The molecule has 1 aromatic heterocycles. The average molecular weight is 411 g/mol. The third kappa shape index (κ3) is 4.90. The van der Waals surface area contributed by atoms with Crippen LogP contribution in [0.4, 0.5) is 4.79 Å². The summed E-state index contributed by atoms with van der Waals surface area (Å²) in [6.07, 6.45) is 2.15. The van der Waals surface area contributed by atoms with Crippen LogP contribution in [0.15, 0.2) is 46.1 Å². The molecule has 30 heavy (non-hydrogen) atoms. The lowest BCUT2D eigenvalue weighted by Crippen LogP contribution is -2.49. The third-order valence-electron chi connectivity index (χ3n) is 5.08. The van der Waals surface area contributed by atoms with Crippen molar-refractivity contribution in [1.29, 1.82) is 0 Å². The number of hydrogen-bond donors (Lipinski definition) is 1. The Hall–Kier alpha value is -3.09. The third-order valence-corrected chi connectivity index (χ3v) is 5.08. The summed E-state index contributed by atoms with van der Waals surface area (Å²) in [6, 6.07) is 9.19. The van der Waals surface area contributed by atoms with Gasteiger partial charge in [0.15, 0.2) is 0 Å². The summed E-state index contributed by atoms with van der Waals surface area (Å²) in [4.78, 5) is 26.8. The second-order valence-electron chi connectivity index (χ2n) is 8.86. The summed E-state index contributed by atoms with van der Waals surface area (Å²) < 4.78 is 5.58. The second-order valence-corrected chi connectivity index (χ2v) is 8.86. The fourth-order valence-corrected chi connectivity index (χ4v) is 3.30. The van der Waals surface area contributed by atoms with Gasteiger partial charge in [0.2, 0.25) is 0 Å². The first-order chi connectivity index (χ1) is 14.0. The maximum Gasteiger partial charge on any atom is 0.318 e. The zero-order valence-corrected chi connectivity index (χ0v) is 18.5. The lowest BCUT2D eigenvalue weighted by molar-refractivity contribution is -0.133. The van der Waals surface area contributed by atoms with Crippen molar-refractivity contribution in [3.05, 3.63) is 59.0 Å². The maximum atomic E-state index is 13.1. The van der Waals surface area contributed by atoms with E-state index in [-0.39, 0.29) is 30.1 Å². The molecule has 0 spiro atoms. The van der Waals surface area contributed by atoms with Crippen LogP contribution in [0.3, 0.4) is 0 Å². The second kappa shape index (κ2) is 8.34. The SMILES string of the molecule is Cc1ccc(C2=NN(C(=O)CN(C)C(=O)NC(C)(C)C)[C@@H](c3ccco3)C2)cc1C. The van der Waals surface area contributed by atoms with Crippen molar-refractivity contribution in [2.24, 2.45) is 5.10 Å². The molecular formula is C23H30N4O3. The van der Waals surface area contributed by atoms with E-state index in [9.17, 15) is 9.59 Å². The number of aryl methyl sites for hydroxylation is 2. The summed E-state index contributed by atoms with van der Waals surface area (Å²) in [5, 5.41) is 8.95. The van der Waals surface area contributed by atoms with Gasteiger partial charge in [-0.15, -0.1) is 0 Å². The molecular weight excluding hydrogens is 380 g/mol. The van der Waals surface area contributed by atoms with E-state index in [1.165, 1.54) is 21.0 Å². The number of amides is 3. The minimum Gasteiger partial charge on any atom is -0.467 e. The number of carbonyl (C=O) groups is 2. The molecule has 1 aromatic carbocycles. The summed E-state index contributed by atoms with van der Waals surface area (Å²) in [6.45, 7) is 9.73. The first-order valence-corrected chi connectivity index (χ1v) is 10.1. The molecule has 1 atom stereocenters. The zero-order valence-electron chi connectivity index (χ0n) is 18.5. The number of hydrogen-bond acceptors (Lipinski definition) is 4. The molecule has 0 radical (unpaired) electrons. The lowest BCUT2D eigenvalue weighted by Gasteiger charge is -2.27. The fourth-order valence-electron chi connectivity index (χ4n) is 3.30. The van der Waals surface area contributed by atoms with Gasteiger partial charge < -0.3 is 14.6 Å². The van der Waals surface area contributed by atoms with E-state index < -0.39 is 0 Å². The first kappa shape index (κ1) is 21.6. The molecule has 160 valence electrons. The molecule has 0 fully saturated rings. The van der Waals surface area contributed by atoms with Crippen LogP contribution in [0.25, 0.3) is 0 Å². The molecule has 7 nitrogen and oxygen atoms in total. The number of rotatable bonds is 4. The Morgan fingerprint density at radius 3 is 2.57 bits per heavy atom. The maximum absolute atomic E-state index is 13.1. The smallest absolute Gasteiger partial charge is 0.318 e. The van der Waals surface area contributed by atoms with Gasteiger partial charge in [0.1, 0.15) is 18.3 Å². The summed E-state index contributed by atoms with van der Waals surface area (Å²) >= 11 is 0. The Morgan fingerprint density at radius 1 is 1.23 bits per heavy atom. The van der Waals surface area contributed by atoms with Crippen molar-refractivity contribution in [3.63, 3.8) is 0 Å². The van der Waals surface area contributed by atoms with Gasteiger partial charge in [-0.3, -0.25) is 4.79 Å². The summed E-state index contributed by atoms with van der Waals surface area (Å²) in [7, 11) is 1.60. The van der Waals surface area contributed by atoms with Crippen LogP contribution in [0.5, 0.6) is 0 Å². The summed E-state index contributed by atoms with van der Waals surface area (Å²) in [5.41, 5.74) is 3.82. The van der Waals surface area contributed by atoms with Crippen molar-refractivity contribution in [3.8, 4) is 0 Å². The number of nitrogens with zero attached hydrogens (tertiary/aromatic N) is 3. The largest absolute Gasteiger partial charge is 0.467 e. The fraction of sp³-hybridized carbons (Fsp3) is 0.435. The highest BCUT2D eigenvalue weighted by Gasteiger charge is 2.35. The van der Waals surface area contributed by atoms with Gasteiger partial charge in [-0.05, 0) is 69.5 Å². The molecule has 1 aliphatic heterocycles. The standard InChI is InChI=1S/C23H30N4O3/c1-15-9-10-17(12-16(15)2)18-13-19(20-8-7-11-30-20)27(25-18)21(28)14-26(6)22(29)24-23(3,4)5/h7-12,19H,13-14H2,1-6H3,(H,24,29)/t19-/m1/s1. The number of hydrazone groups is 1. The first-order valence-electron chi connectivity index (χ1n) is 10.1. The molecule has 0 bridgehead atoms. The molecule has 2 aromatic rings. The minimum atomic E-state index is -0.382. The van der Waals surface area contributed by atoms with Crippen molar-refractivity contribution in [2.45, 2.75) is 52.6 Å². The minimum absolute atomic E-state index is 0.0805.